The Hall–Kier alpha value is -3.20. The Labute approximate surface area is 171 Å². The fraction of sp³-hybridized carbons (Fsp3) is 0.300. The van der Waals surface area contributed by atoms with Crippen molar-refractivity contribution in [2.45, 2.75) is 33.4 Å². The van der Waals surface area contributed by atoms with Crippen molar-refractivity contribution in [2.75, 3.05) is 12.4 Å². The first-order valence-corrected chi connectivity index (χ1v) is 9.75. The second-order valence-corrected chi connectivity index (χ2v) is 7.61. The summed E-state index contributed by atoms with van der Waals surface area (Å²) in [4.78, 5) is 42.6. The van der Waals surface area contributed by atoms with E-state index in [9.17, 15) is 14.4 Å². The highest BCUT2D eigenvalue weighted by atomic mass is 32.1. The first-order chi connectivity index (χ1) is 13.8. The molecule has 0 fully saturated rings. The molecule has 1 N–H and O–H groups in total. The maximum atomic E-state index is 12.8. The van der Waals surface area contributed by atoms with Gasteiger partial charge in [0.1, 0.15) is 17.1 Å². The lowest BCUT2D eigenvalue weighted by molar-refractivity contribution is -0.148. The minimum atomic E-state index is -0.523. The molecule has 0 aliphatic heterocycles. The fourth-order valence-electron chi connectivity index (χ4n) is 2.85. The van der Waals surface area contributed by atoms with Gasteiger partial charge in [0, 0.05) is 0 Å². The van der Waals surface area contributed by atoms with Crippen LogP contribution in [-0.2, 0) is 16.1 Å². The number of benzene rings is 1. The van der Waals surface area contributed by atoms with E-state index >= 15 is 0 Å². The number of amides is 1. The molecule has 0 bridgehead atoms. The standard InChI is InChI=1S/C20H21N3O5S/c1-11(2)28-15(24)9-23-10-21-19-16(20(23)26)12(3)17(29-19)18(25)22-13-7-5-6-8-14(13)27-4/h5-8,10-11H,9H2,1-4H3,(H,22,25). The summed E-state index contributed by atoms with van der Waals surface area (Å²) in [6.45, 7) is 4.92. The summed E-state index contributed by atoms with van der Waals surface area (Å²) in [7, 11) is 1.52. The minimum absolute atomic E-state index is 0.238. The number of carbonyl (C=O) groups is 2. The van der Waals surface area contributed by atoms with Crippen LogP contribution in [0.4, 0.5) is 5.69 Å². The topological polar surface area (TPSA) is 99.5 Å². The predicted molar refractivity (Wildman–Crippen MR) is 111 cm³/mol. The molecule has 29 heavy (non-hydrogen) atoms. The third-order valence-corrected chi connectivity index (χ3v) is 5.34. The normalized spacial score (nSPS) is 10.9. The molecule has 2 heterocycles. The summed E-state index contributed by atoms with van der Waals surface area (Å²) >= 11 is 1.12. The molecule has 0 aliphatic carbocycles. The molecule has 0 aliphatic rings. The van der Waals surface area contributed by atoms with Crippen LogP contribution in [0.15, 0.2) is 35.4 Å². The van der Waals surface area contributed by atoms with Crippen LogP contribution >= 0.6 is 11.3 Å². The van der Waals surface area contributed by atoms with Crippen LogP contribution in [0.25, 0.3) is 10.2 Å². The Morgan fingerprint density at radius 3 is 2.69 bits per heavy atom. The molecule has 152 valence electrons. The summed E-state index contributed by atoms with van der Waals surface area (Å²) in [5.41, 5.74) is 0.654. The number of para-hydroxylation sites is 2. The number of anilines is 1. The molecule has 0 saturated carbocycles. The minimum Gasteiger partial charge on any atom is -0.495 e. The number of fused-ring (bicyclic) bond motifs is 1. The van der Waals surface area contributed by atoms with Crippen LogP contribution in [0.1, 0.15) is 29.1 Å². The van der Waals surface area contributed by atoms with Gasteiger partial charge in [-0.15, -0.1) is 11.3 Å². The maximum Gasteiger partial charge on any atom is 0.326 e. The zero-order chi connectivity index (χ0) is 21.1. The number of aromatic nitrogens is 2. The zero-order valence-corrected chi connectivity index (χ0v) is 17.3. The highest BCUT2D eigenvalue weighted by Crippen LogP contribution is 2.29. The number of rotatable bonds is 6. The Bertz CT molecular complexity index is 1130. The molecule has 0 saturated heterocycles. The van der Waals surface area contributed by atoms with Crippen molar-refractivity contribution in [3.05, 3.63) is 51.4 Å². The number of nitrogens with one attached hydrogen (secondary N) is 1. The van der Waals surface area contributed by atoms with Crippen molar-refractivity contribution in [3.63, 3.8) is 0 Å². The summed E-state index contributed by atoms with van der Waals surface area (Å²) in [5, 5.41) is 3.12. The van der Waals surface area contributed by atoms with E-state index in [4.69, 9.17) is 9.47 Å². The monoisotopic (exact) mass is 415 g/mol. The summed E-state index contributed by atoms with van der Waals surface area (Å²) in [6.07, 6.45) is 1.02. The van der Waals surface area contributed by atoms with Crippen LogP contribution in [0, 0.1) is 6.92 Å². The van der Waals surface area contributed by atoms with Crippen molar-refractivity contribution < 1.29 is 19.1 Å². The van der Waals surface area contributed by atoms with E-state index in [-0.39, 0.29) is 24.1 Å². The van der Waals surface area contributed by atoms with Gasteiger partial charge in [0.05, 0.1) is 35.5 Å². The van der Waals surface area contributed by atoms with Crippen LogP contribution in [0.2, 0.25) is 0 Å². The Kier molecular flexibility index (Phi) is 5.97. The van der Waals surface area contributed by atoms with Gasteiger partial charge < -0.3 is 14.8 Å². The number of carbonyl (C=O) groups excluding carboxylic acids is 2. The van der Waals surface area contributed by atoms with E-state index in [1.54, 1.807) is 45.0 Å². The predicted octanol–water partition coefficient (Wildman–Crippen LogP) is 2.98. The molecule has 3 rings (SSSR count). The molecule has 0 radical (unpaired) electrons. The van der Waals surface area contributed by atoms with E-state index in [1.807, 2.05) is 0 Å². The quantitative estimate of drug-likeness (QED) is 0.622. The molecule has 2 aromatic heterocycles. The molecule has 0 atom stereocenters. The highest BCUT2D eigenvalue weighted by Gasteiger charge is 2.21. The second-order valence-electron chi connectivity index (χ2n) is 6.61. The third-order valence-electron chi connectivity index (χ3n) is 4.15. The molecule has 1 amide bonds. The smallest absolute Gasteiger partial charge is 0.326 e. The van der Waals surface area contributed by atoms with Gasteiger partial charge in [-0.1, -0.05) is 12.1 Å². The third kappa shape index (κ3) is 4.29. The van der Waals surface area contributed by atoms with E-state index < -0.39 is 5.97 Å². The zero-order valence-electron chi connectivity index (χ0n) is 16.5. The number of ether oxygens (including phenoxy) is 2. The van der Waals surface area contributed by atoms with Gasteiger partial charge in [-0.3, -0.25) is 19.0 Å². The number of methoxy groups -OCH3 is 1. The van der Waals surface area contributed by atoms with Crippen molar-refractivity contribution in [1.29, 1.82) is 0 Å². The molecule has 0 spiro atoms. The molecular formula is C20H21N3O5S. The number of esters is 1. The molecular weight excluding hydrogens is 394 g/mol. The number of aryl methyl sites for hydroxylation is 1. The van der Waals surface area contributed by atoms with Crippen molar-refractivity contribution in [1.82, 2.24) is 9.55 Å². The van der Waals surface area contributed by atoms with Gasteiger partial charge in [0.25, 0.3) is 11.5 Å². The van der Waals surface area contributed by atoms with Gasteiger partial charge >= 0.3 is 5.97 Å². The average molecular weight is 415 g/mol. The molecule has 9 heteroatoms. The van der Waals surface area contributed by atoms with Gasteiger partial charge in [0.15, 0.2) is 0 Å². The Morgan fingerprint density at radius 1 is 1.28 bits per heavy atom. The van der Waals surface area contributed by atoms with Crippen molar-refractivity contribution in [2.24, 2.45) is 0 Å². The SMILES string of the molecule is COc1ccccc1NC(=O)c1sc2ncn(CC(=O)OC(C)C)c(=O)c2c1C. The van der Waals surface area contributed by atoms with Gasteiger partial charge in [-0.2, -0.15) is 0 Å². The van der Waals surface area contributed by atoms with E-state index in [0.29, 0.717) is 32.1 Å². The maximum absolute atomic E-state index is 12.8. The van der Waals surface area contributed by atoms with Crippen LogP contribution < -0.4 is 15.6 Å². The first kappa shape index (κ1) is 20.5. The second kappa shape index (κ2) is 8.44. The number of thiophene rings is 1. The average Bonchev–Trinajstić information content (AvgIpc) is 3.01. The van der Waals surface area contributed by atoms with Gasteiger partial charge in [-0.05, 0) is 38.5 Å². The number of hydrogen-bond donors (Lipinski definition) is 1. The fourth-order valence-corrected chi connectivity index (χ4v) is 3.89. The summed E-state index contributed by atoms with van der Waals surface area (Å²) in [5.74, 6) is -0.353. The largest absolute Gasteiger partial charge is 0.495 e. The van der Waals surface area contributed by atoms with Crippen LogP contribution in [0.3, 0.4) is 0 Å². The van der Waals surface area contributed by atoms with Crippen molar-refractivity contribution in [3.8, 4) is 5.75 Å². The summed E-state index contributed by atoms with van der Waals surface area (Å²) in [6, 6.07) is 7.05. The molecule has 3 aromatic rings. The van der Waals surface area contributed by atoms with Gasteiger partial charge in [0.2, 0.25) is 0 Å². The first-order valence-electron chi connectivity index (χ1n) is 8.94. The van der Waals surface area contributed by atoms with Gasteiger partial charge in [-0.25, -0.2) is 4.98 Å². The lowest BCUT2D eigenvalue weighted by atomic mass is 10.2. The Morgan fingerprint density at radius 2 is 2.00 bits per heavy atom. The van der Waals surface area contributed by atoms with E-state index in [2.05, 4.69) is 10.3 Å². The summed E-state index contributed by atoms with van der Waals surface area (Å²) < 4.78 is 11.5. The molecule has 1 aromatic carbocycles. The molecule has 0 unspecified atom stereocenters. The number of nitrogens with zero attached hydrogens (tertiary/aromatic N) is 2. The Balaban J connectivity index is 1.93. The van der Waals surface area contributed by atoms with Crippen molar-refractivity contribution >= 4 is 39.1 Å². The van der Waals surface area contributed by atoms with Crippen LogP contribution in [0.5, 0.6) is 5.75 Å². The van der Waals surface area contributed by atoms with Crippen LogP contribution in [-0.4, -0.2) is 34.6 Å². The lowest BCUT2D eigenvalue weighted by Crippen LogP contribution is -2.27. The lowest BCUT2D eigenvalue weighted by Gasteiger charge is -2.09. The van der Waals surface area contributed by atoms with E-state index in [1.165, 1.54) is 18.0 Å². The molecule has 8 nitrogen and oxygen atoms in total. The highest BCUT2D eigenvalue weighted by molar-refractivity contribution is 7.20. The number of hydrogen-bond acceptors (Lipinski definition) is 7. The van der Waals surface area contributed by atoms with E-state index in [0.717, 1.165) is 11.3 Å².